The van der Waals surface area contributed by atoms with Gasteiger partial charge in [0.2, 0.25) is 0 Å². The molecule has 1 fully saturated rings. The van der Waals surface area contributed by atoms with E-state index in [9.17, 15) is 4.79 Å². The summed E-state index contributed by atoms with van der Waals surface area (Å²) in [7, 11) is 0. The van der Waals surface area contributed by atoms with Crippen LogP contribution in [0, 0.1) is 12.8 Å². The summed E-state index contributed by atoms with van der Waals surface area (Å²) in [5.74, 6) is 1.62. The van der Waals surface area contributed by atoms with E-state index in [4.69, 9.17) is 21.3 Å². The van der Waals surface area contributed by atoms with Crippen molar-refractivity contribution in [3.05, 3.63) is 51.4 Å². The van der Waals surface area contributed by atoms with Gasteiger partial charge >= 0.3 is 6.09 Å². The van der Waals surface area contributed by atoms with Crippen molar-refractivity contribution in [2.24, 2.45) is 5.92 Å². The van der Waals surface area contributed by atoms with Crippen LogP contribution < -0.4 is 10.2 Å². The number of halogens is 1. The number of fused-ring (bicyclic) bond motifs is 1. The standard InChI is InChI=1S/C22H25ClN4O2S/c1-15-25-19(14-30-15)13-29-22(28)24-9-6-16-7-10-27(11-8-16)21-5-2-17-12-18(23)3-4-20(17)26-21/h2-5,12,14,16H,6-11,13H2,1H3,(H,24,28). The van der Waals surface area contributed by atoms with Crippen molar-refractivity contribution < 1.29 is 9.53 Å². The Morgan fingerprint density at radius 2 is 2.10 bits per heavy atom. The predicted molar refractivity (Wildman–Crippen MR) is 121 cm³/mol. The minimum Gasteiger partial charge on any atom is -0.443 e. The topological polar surface area (TPSA) is 67.3 Å². The van der Waals surface area contributed by atoms with E-state index in [1.807, 2.05) is 30.5 Å². The molecule has 6 nitrogen and oxygen atoms in total. The lowest BCUT2D eigenvalue weighted by molar-refractivity contribution is 0.137. The fourth-order valence-corrected chi connectivity index (χ4v) is 4.53. The lowest BCUT2D eigenvalue weighted by Gasteiger charge is -2.33. The van der Waals surface area contributed by atoms with Crippen LogP contribution in [0.5, 0.6) is 0 Å². The van der Waals surface area contributed by atoms with E-state index in [0.29, 0.717) is 12.5 Å². The van der Waals surface area contributed by atoms with Gasteiger partial charge in [0.1, 0.15) is 12.4 Å². The van der Waals surface area contributed by atoms with Gasteiger partial charge in [-0.3, -0.25) is 0 Å². The first-order valence-electron chi connectivity index (χ1n) is 10.2. The summed E-state index contributed by atoms with van der Waals surface area (Å²) >= 11 is 7.61. The van der Waals surface area contributed by atoms with Crippen LogP contribution in [0.3, 0.4) is 0 Å². The normalized spacial score (nSPS) is 14.8. The quantitative estimate of drug-likeness (QED) is 0.567. The largest absolute Gasteiger partial charge is 0.443 e. The van der Waals surface area contributed by atoms with Crippen LogP contribution in [0.4, 0.5) is 10.6 Å². The molecular weight excluding hydrogens is 420 g/mol. The first-order valence-corrected chi connectivity index (χ1v) is 11.5. The highest BCUT2D eigenvalue weighted by Crippen LogP contribution is 2.26. The number of nitrogens with one attached hydrogen (secondary N) is 1. The number of rotatable bonds is 6. The van der Waals surface area contributed by atoms with E-state index in [2.05, 4.69) is 27.3 Å². The molecule has 0 saturated carbocycles. The Labute approximate surface area is 185 Å². The lowest BCUT2D eigenvalue weighted by Crippen LogP contribution is -2.35. The molecule has 0 bridgehead atoms. The summed E-state index contributed by atoms with van der Waals surface area (Å²) in [5.41, 5.74) is 1.76. The molecule has 0 atom stereocenters. The molecule has 1 saturated heterocycles. The number of piperidine rings is 1. The van der Waals surface area contributed by atoms with Gasteiger partial charge in [0, 0.05) is 35.4 Å². The van der Waals surface area contributed by atoms with Crippen molar-refractivity contribution in [3.8, 4) is 0 Å². The molecule has 158 valence electrons. The van der Waals surface area contributed by atoms with Gasteiger partial charge in [0.05, 0.1) is 16.2 Å². The van der Waals surface area contributed by atoms with Crippen LogP contribution in [0.1, 0.15) is 30.0 Å². The molecule has 3 heterocycles. The molecule has 8 heteroatoms. The highest BCUT2D eigenvalue weighted by atomic mass is 35.5. The van der Waals surface area contributed by atoms with Gasteiger partial charge in [-0.05, 0) is 62.4 Å². The summed E-state index contributed by atoms with van der Waals surface area (Å²) in [4.78, 5) is 23.3. The number of hydrogen-bond donors (Lipinski definition) is 1. The van der Waals surface area contributed by atoms with Crippen molar-refractivity contribution in [2.75, 3.05) is 24.5 Å². The van der Waals surface area contributed by atoms with Crippen LogP contribution in [0.15, 0.2) is 35.7 Å². The molecule has 30 heavy (non-hydrogen) atoms. The minimum atomic E-state index is -0.376. The number of nitrogens with zero attached hydrogens (tertiary/aromatic N) is 3. The average Bonchev–Trinajstić information content (AvgIpc) is 3.17. The fourth-order valence-electron chi connectivity index (χ4n) is 3.76. The molecule has 1 aromatic carbocycles. The second kappa shape index (κ2) is 9.62. The summed E-state index contributed by atoms with van der Waals surface area (Å²) in [6, 6.07) is 9.94. The number of hydrogen-bond acceptors (Lipinski definition) is 6. The highest BCUT2D eigenvalue weighted by molar-refractivity contribution is 7.09. The molecule has 2 aromatic heterocycles. The molecular formula is C22H25ClN4O2S. The van der Waals surface area contributed by atoms with Crippen molar-refractivity contribution in [2.45, 2.75) is 32.8 Å². The highest BCUT2D eigenvalue weighted by Gasteiger charge is 2.20. The van der Waals surface area contributed by atoms with Crippen molar-refractivity contribution >= 4 is 45.8 Å². The van der Waals surface area contributed by atoms with E-state index in [0.717, 1.165) is 64.8 Å². The van der Waals surface area contributed by atoms with Crippen molar-refractivity contribution in [3.63, 3.8) is 0 Å². The molecule has 0 unspecified atom stereocenters. The summed E-state index contributed by atoms with van der Waals surface area (Å²) in [6.07, 6.45) is 2.77. The van der Waals surface area contributed by atoms with E-state index >= 15 is 0 Å². The summed E-state index contributed by atoms with van der Waals surface area (Å²) in [5, 5.41) is 7.53. The zero-order valence-corrected chi connectivity index (χ0v) is 18.5. The molecule has 1 amide bonds. The zero-order chi connectivity index (χ0) is 20.9. The maximum Gasteiger partial charge on any atom is 0.407 e. The van der Waals surface area contributed by atoms with Gasteiger partial charge < -0.3 is 15.0 Å². The van der Waals surface area contributed by atoms with Crippen LogP contribution in [0.2, 0.25) is 5.02 Å². The number of benzene rings is 1. The molecule has 1 aliphatic rings. The molecule has 1 N–H and O–H groups in total. The maximum absolute atomic E-state index is 11.8. The van der Waals surface area contributed by atoms with E-state index < -0.39 is 0 Å². The van der Waals surface area contributed by atoms with Gasteiger partial charge in [0.25, 0.3) is 0 Å². The van der Waals surface area contributed by atoms with Crippen molar-refractivity contribution in [1.82, 2.24) is 15.3 Å². The Bertz CT molecular complexity index is 1020. The van der Waals surface area contributed by atoms with Crippen LogP contribution in [-0.2, 0) is 11.3 Å². The Kier molecular flexibility index (Phi) is 6.69. The first kappa shape index (κ1) is 20.9. The number of alkyl carbamates (subject to hydrolysis) is 1. The number of ether oxygens (including phenoxy) is 1. The Hall–Kier alpha value is -2.38. The van der Waals surface area contributed by atoms with Gasteiger partial charge in [-0.25, -0.2) is 14.8 Å². The van der Waals surface area contributed by atoms with E-state index in [1.54, 1.807) is 11.3 Å². The predicted octanol–water partition coefficient (Wildman–Crippen LogP) is 5.19. The zero-order valence-electron chi connectivity index (χ0n) is 16.9. The monoisotopic (exact) mass is 444 g/mol. The van der Waals surface area contributed by atoms with Gasteiger partial charge in [0.15, 0.2) is 0 Å². The van der Waals surface area contributed by atoms with Gasteiger partial charge in [-0.1, -0.05) is 11.6 Å². The smallest absolute Gasteiger partial charge is 0.407 e. The number of thiazole rings is 1. The molecule has 3 aromatic rings. The number of carbonyl (C=O) groups is 1. The average molecular weight is 445 g/mol. The Balaban J connectivity index is 1.18. The van der Waals surface area contributed by atoms with Crippen LogP contribution >= 0.6 is 22.9 Å². The lowest BCUT2D eigenvalue weighted by atomic mass is 9.93. The molecule has 4 rings (SSSR count). The molecule has 1 aliphatic heterocycles. The van der Waals surface area contributed by atoms with Crippen LogP contribution in [0.25, 0.3) is 10.9 Å². The third-order valence-corrected chi connectivity index (χ3v) is 6.47. The Morgan fingerprint density at radius 1 is 1.27 bits per heavy atom. The van der Waals surface area contributed by atoms with Crippen molar-refractivity contribution in [1.29, 1.82) is 0 Å². The number of anilines is 1. The number of amides is 1. The number of aryl methyl sites for hydroxylation is 1. The third-order valence-electron chi connectivity index (χ3n) is 5.41. The SMILES string of the molecule is Cc1nc(COC(=O)NCCC2CCN(c3ccc4cc(Cl)ccc4n3)CC2)cs1. The van der Waals surface area contributed by atoms with E-state index in [1.165, 1.54) is 0 Å². The third kappa shape index (κ3) is 5.40. The number of aromatic nitrogens is 2. The fraction of sp³-hybridized carbons (Fsp3) is 0.409. The second-order valence-corrected chi connectivity index (χ2v) is 9.09. The minimum absolute atomic E-state index is 0.222. The van der Waals surface area contributed by atoms with Gasteiger partial charge in [-0.2, -0.15) is 0 Å². The summed E-state index contributed by atoms with van der Waals surface area (Å²) in [6.45, 7) is 4.74. The second-order valence-electron chi connectivity index (χ2n) is 7.59. The molecule has 0 spiro atoms. The Morgan fingerprint density at radius 3 is 2.87 bits per heavy atom. The maximum atomic E-state index is 11.8. The molecule has 0 radical (unpaired) electrons. The summed E-state index contributed by atoms with van der Waals surface area (Å²) < 4.78 is 5.22. The number of carbonyl (C=O) groups excluding carboxylic acids is 1. The van der Waals surface area contributed by atoms with Crippen LogP contribution in [-0.4, -0.2) is 35.7 Å². The molecule has 0 aliphatic carbocycles. The number of pyridine rings is 1. The van der Waals surface area contributed by atoms with Gasteiger partial charge in [-0.15, -0.1) is 11.3 Å². The first-order chi connectivity index (χ1) is 14.6. The van der Waals surface area contributed by atoms with E-state index in [-0.39, 0.29) is 12.7 Å².